The van der Waals surface area contributed by atoms with Crippen LogP contribution in [0.3, 0.4) is 0 Å². The van der Waals surface area contributed by atoms with Crippen LogP contribution in [0.5, 0.6) is 0 Å². The van der Waals surface area contributed by atoms with Gasteiger partial charge in [-0.1, -0.05) is 12.7 Å². The highest BCUT2D eigenvalue weighted by Gasteiger charge is 1.50. The zero-order valence-electron chi connectivity index (χ0n) is 4.67. The Balaban J connectivity index is 3.63. The maximum Gasteiger partial charge on any atom is -0.00562 e. The second-order valence-corrected chi connectivity index (χ2v) is 1.12. The molecule has 0 heterocycles. The van der Waals surface area contributed by atoms with E-state index in [0.29, 0.717) is 0 Å². The van der Waals surface area contributed by atoms with Gasteiger partial charge in [-0.3, -0.25) is 0 Å². The minimum Gasteiger partial charge on any atom is -0.405 e. The molecule has 0 amide bonds. The summed E-state index contributed by atoms with van der Waals surface area (Å²) < 4.78 is 0. The van der Waals surface area contributed by atoms with Crippen LogP contribution in [0.15, 0.2) is 42.8 Å². The first-order chi connectivity index (χ1) is 3.91. The Morgan fingerprint density at radius 3 is 2.62 bits per heavy atom. The maximum atomic E-state index is 5.02. The standard InChI is InChI=1S/C7H9N/c1-2-3-4-5-6-7-8/h2-3,5-7H,1,8H2/b7-6-. The van der Waals surface area contributed by atoms with Gasteiger partial charge in [0.2, 0.25) is 0 Å². The fourth-order valence-corrected chi connectivity index (χ4v) is 0.235. The van der Waals surface area contributed by atoms with Gasteiger partial charge in [0.25, 0.3) is 0 Å². The SMILES string of the molecule is C=CC=C=C/C=C\N. The zero-order valence-corrected chi connectivity index (χ0v) is 4.67. The summed E-state index contributed by atoms with van der Waals surface area (Å²) in [7, 11) is 0. The predicted molar refractivity (Wildman–Crippen MR) is 36.2 cm³/mol. The molecule has 0 aromatic heterocycles. The molecular formula is C7H9N. The van der Waals surface area contributed by atoms with Crippen LogP contribution in [0.4, 0.5) is 0 Å². The molecule has 1 nitrogen and oxygen atoms in total. The molecule has 0 aliphatic heterocycles. The van der Waals surface area contributed by atoms with E-state index < -0.39 is 0 Å². The summed E-state index contributed by atoms with van der Waals surface area (Å²) in [5.74, 6) is 0. The predicted octanol–water partition coefficient (Wildman–Crippen LogP) is 1.36. The molecule has 0 unspecified atom stereocenters. The lowest BCUT2D eigenvalue weighted by molar-refractivity contribution is 1.60. The minimum atomic E-state index is 1.45. The molecule has 0 rings (SSSR count). The van der Waals surface area contributed by atoms with Crippen molar-refractivity contribution in [3.63, 3.8) is 0 Å². The minimum absolute atomic E-state index is 1.45. The lowest BCUT2D eigenvalue weighted by Gasteiger charge is -1.63. The molecule has 0 aliphatic rings. The van der Waals surface area contributed by atoms with Crippen LogP contribution >= 0.6 is 0 Å². The smallest absolute Gasteiger partial charge is 0.00562 e. The van der Waals surface area contributed by atoms with Gasteiger partial charge in [-0.05, 0) is 24.4 Å². The van der Waals surface area contributed by atoms with E-state index in [1.807, 2.05) is 0 Å². The fraction of sp³-hybridized carbons (Fsp3) is 0. The van der Waals surface area contributed by atoms with Gasteiger partial charge >= 0.3 is 0 Å². The van der Waals surface area contributed by atoms with E-state index in [-0.39, 0.29) is 0 Å². The second kappa shape index (κ2) is 5.80. The van der Waals surface area contributed by atoms with E-state index in [4.69, 9.17) is 5.73 Å². The Bertz CT molecular complexity index is 136. The highest BCUT2D eigenvalue weighted by atomic mass is 14.5. The van der Waals surface area contributed by atoms with Gasteiger partial charge in [0.15, 0.2) is 0 Å². The van der Waals surface area contributed by atoms with Crippen LogP contribution in [0.2, 0.25) is 0 Å². The van der Waals surface area contributed by atoms with Crippen LogP contribution < -0.4 is 5.73 Å². The summed E-state index contributed by atoms with van der Waals surface area (Å²) in [5, 5.41) is 0. The molecule has 2 N–H and O–H groups in total. The lowest BCUT2D eigenvalue weighted by atomic mass is 10.5. The van der Waals surface area contributed by atoms with Gasteiger partial charge in [0.05, 0.1) is 0 Å². The molecule has 0 aromatic carbocycles. The third-order valence-corrected chi connectivity index (χ3v) is 0.518. The van der Waals surface area contributed by atoms with E-state index in [2.05, 4.69) is 12.3 Å². The summed E-state index contributed by atoms with van der Waals surface area (Å²) in [6, 6.07) is 0. The molecule has 0 atom stereocenters. The van der Waals surface area contributed by atoms with Gasteiger partial charge in [-0.15, -0.1) is 5.73 Å². The Labute approximate surface area is 49.5 Å². The first-order valence-electron chi connectivity index (χ1n) is 2.32. The van der Waals surface area contributed by atoms with E-state index in [1.54, 1.807) is 24.3 Å². The molecule has 0 aliphatic carbocycles. The van der Waals surface area contributed by atoms with Crippen molar-refractivity contribution in [3.05, 3.63) is 42.8 Å². The highest BCUT2D eigenvalue weighted by molar-refractivity contribution is 5.04. The van der Waals surface area contributed by atoms with E-state index in [0.717, 1.165) is 0 Å². The Morgan fingerprint density at radius 1 is 1.38 bits per heavy atom. The van der Waals surface area contributed by atoms with Crippen molar-refractivity contribution in [3.8, 4) is 0 Å². The largest absolute Gasteiger partial charge is 0.405 e. The molecule has 0 saturated carbocycles. The van der Waals surface area contributed by atoms with E-state index in [9.17, 15) is 0 Å². The second-order valence-electron chi connectivity index (χ2n) is 1.12. The van der Waals surface area contributed by atoms with Crippen molar-refractivity contribution in [2.45, 2.75) is 0 Å². The topological polar surface area (TPSA) is 26.0 Å². The quantitative estimate of drug-likeness (QED) is 0.418. The molecular weight excluding hydrogens is 98.1 g/mol. The van der Waals surface area contributed by atoms with Crippen molar-refractivity contribution in [1.29, 1.82) is 0 Å². The summed E-state index contributed by atoms with van der Waals surface area (Å²) in [5.41, 5.74) is 7.82. The third-order valence-electron chi connectivity index (χ3n) is 0.518. The first-order valence-corrected chi connectivity index (χ1v) is 2.32. The normalized spacial score (nSPS) is 8.00. The van der Waals surface area contributed by atoms with E-state index >= 15 is 0 Å². The number of rotatable bonds is 2. The molecule has 0 fully saturated rings. The first kappa shape index (κ1) is 6.80. The summed E-state index contributed by atoms with van der Waals surface area (Å²) in [6.07, 6.45) is 8.21. The van der Waals surface area contributed by atoms with Gasteiger partial charge in [0, 0.05) is 0 Å². The molecule has 42 valence electrons. The summed E-state index contributed by atoms with van der Waals surface area (Å²) >= 11 is 0. The zero-order chi connectivity index (χ0) is 6.24. The van der Waals surface area contributed by atoms with Gasteiger partial charge in [0.1, 0.15) is 0 Å². The van der Waals surface area contributed by atoms with Crippen LogP contribution in [0, 0.1) is 0 Å². The van der Waals surface area contributed by atoms with Crippen molar-refractivity contribution in [2.75, 3.05) is 0 Å². The van der Waals surface area contributed by atoms with Crippen LogP contribution in [0.1, 0.15) is 0 Å². The summed E-state index contributed by atoms with van der Waals surface area (Å²) in [4.78, 5) is 0. The number of nitrogens with two attached hydrogens (primary N) is 1. The Kier molecular flexibility index (Phi) is 4.93. The van der Waals surface area contributed by atoms with Gasteiger partial charge in [-0.25, -0.2) is 0 Å². The van der Waals surface area contributed by atoms with E-state index in [1.165, 1.54) is 6.20 Å². The van der Waals surface area contributed by atoms with Crippen LogP contribution in [-0.4, -0.2) is 0 Å². The summed E-state index contributed by atoms with van der Waals surface area (Å²) in [6.45, 7) is 3.46. The van der Waals surface area contributed by atoms with Crippen molar-refractivity contribution >= 4 is 0 Å². The van der Waals surface area contributed by atoms with Gasteiger partial charge < -0.3 is 5.73 Å². The molecule has 0 radical (unpaired) electrons. The number of allylic oxidation sites excluding steroid dienone is 3. The lowest BCUT2D eigenvalue weighted by Crippen LogP contribution is -1.71. The fourth-order valence-electron chi connectivity index (χ4n) is 0.235. The average molecular weight is 107 g/mol. The third kappa shape index (κ3) is 4.80. The van der Waals surface area contributed by atoms with Crippen molar-refractivity contribution in [2.24, 2.45) is 5.73 Å². The number of hydrogen-bond acceptors (Lipinski definition) is 1. The van der Waals surface area contributed by atoms with Gasteiger partial charge in [-0.2, -0.15) is 0 Å². The molecule has 1 heteroatoms. The molecule has 0 spiro atoms. The van der Waals surface area contributed by atoms with Crippen molar-refractivity contribution in [1.82, 2.24) is 0 Å². The maximum absolute atomic E-state index is 5.02. The van der Waals surface area contributed by atoms with Crippen LogP contribution in [-0.2, 0) is 0 Å². The van der Waals surface area contributed by atoms with Crippen molar-refractivity contribution < 1.29 is 0 Å². The average Bonchev–Trinajstić information content (AvgIpc) is 1.81. The Morgan fingerprint density at radius 2 is 2.12 bits per heavy atom. The monoisotopic (exact) mass is 107 g/mol. The Hall–Kier alpha value is -1.20. The molecule has 8 heavy (non-hydrogen) atoms. The number of hydrogen-bond donors (Lipinski definition) is 1. The highest BCUT2D eigenvalue weighted by Crippen LogP contribution is 1.69. The molecule has 0 bridgehead atoms. The molecule has 0 aromatic rings. The molecule has 0 saturated heterocycles. The van der Waals surface area contributed by atoms with Crippen LogP contribution in [0.25, 0.3) is 0 Å².